The van der Waals surface area contributed by atoms with Gasteiger partial charge in [0.15, 0.2) is 0 Å². The Morgan fingerprint density at radius 1 is 1.41 bits per heavy atom. The summed E-state index contributed by atoms with van der Waals surface area (Å²) >= 11 is 0. The van der Waals surface area contributed by atoms with Crippen molar-refractivity contribution in [1.29, 1.82) is 0 Å². The van der Waals surface area contributed by atoms with Crippen LogP contribution in [0, 0.1) is 0 Å². The van der Waals surface area contributed by atoms with Gasteiger partial charge < -0.3 is 19.6 Å². The molecular formula is C11H19NO5. The second-order valence-corrected chi connectivity index (χ2v) is 3.49. The minimum Gasteiger partial charge on any atom is -0.469 e. The molecule has 0 radical (unpaired) electrons. The Balaban J connectivity index is 3.83. The summed E-state index contributed by atoms with van der Waals surface area (Å²) in [5.74, 6) is -0.419. The van der Waals surface area contributed by atoms with Gasteiger partial charge in [0.1, 0.15) is 6.29 Å². The standard InChI is InChI=1S/C11H19NO5/c1-3-4-7-17-11(15)12-9(8-13)5-6-10(14)16-2/h8-9H,3-7H2,1-2H3,(H,12,15). The first kappa shape index (κ1) is 15.4. The monoisotopic (exact) mass is 245 g/mol. The number of methoxy groups -OCH3 is 1. The molecule has 0 aliphatic carbocycles. The van der Waals surface area contributed by atoms with Crippen molar-refractivity contribution in [2.24, 2.45) is 0 Å². The normalized spacial score (nSPS) is 11.4. The van der Waals surface area contributed by atoms with Gasteiger partial charge in [0, 0.05) is 6.42 Å². The fourth-order valence-corrected chi connectivity index (χ4v) is 1.05. The minimum absolute atomic E-state index is 0.0785. The molecule has 1 N–H and O–H groups in total. The van der Waals surface area contributed by atoms with Crippen LogP contribution in [0.2, 0.25) is 0 Å². The first-order chi connectivity index (χ1) is 8.13. The molecule has 1 atom stereocenters. The minimum atomic E-state index is -0.719. The number of alkyl carbamates (subject to hydrolysis) is 1. The molecule has 0 heterocycles. The van der Waals surface area contributed by atoms with Crippen molar-refractivity contribution in [3.8, 4) is 0 Å². The summed E-state index contributed by atoms with van der Waals surface area (Å²) < 4.78 is 9.25. The Morgan fingerprint density at radius 2 is 2.12 bits per heavy atom. The van der Waals surface area contributed by atoms with Crippen LogP contribution >= 0.6 is 0 Å². The number of carbonyl (C=O) groups is 3. The fraction of sp³-hybridized carbons (Fsp3) is 0.727. The summed E-state index contributed by atoms with van der Waals surface area (Å²) in [6, 6.07) is -0.719. The first-order valence-electron chi connectivity index (χ1n) is 5.59. The van der Waals surface area contributed by atoms with Crippen LogP contribution in [-0.4, -0.2) is 38.1 Å². The molecule has 1 amide bonds. The molecule has 0 bridgehead atoms. The van der Waals surface area contributed by atoms with Crippen LogP contribution in [0.15, 0.2) is 0 Å². The topological polar surface area (TPSA) is 81.7 Å². The van der Waals surface area contributed by atoms with E-state index in [-0.39, 0.29) is 12.8 Å². The number of hydrogen-bond donors (Lipinski definition) is 1. The molecule has 98 valence electrons. The van der Waals surface area contributed by atoms with Crippen molar-refractivity contribution in [2.75, 3.05) is 13.7 Å². The summed E-state index contributed by atoms with van der Waals surface area (Å²) in [4.78, 5) is 32.7. The van der Waals surface area contributed by atoms with Crippen molar-refractivity contribution in [1.82, 2.24) is 5.32 Å². The maximum atomic E-state index is 11.2. The molecule has 0 fully saturated rings. The van der Waals surface area contributed by atoms with Gasteiger partial charge >= 0.3 is 12.1 Å². The van der Waals surface area contributed by atoms with E-state index in [1.807, 2.05) is 6.92 Å². The molecule has 0 saturated carbocycles. The average Bonchev–Trinajstić information content (AvgIpc) is 2.34. The Labute approximate surface area is 101 Å². The number of carbonyl (C=O) groups excluding carboxylic acids is 3. The third-order valence-corrected chi connectivity index (χ3v) is 2.09. The van der Waals surface area contributed by atoms with Gasteiger partial charge in [-0.1, -0.05) is 13.3 Å². The number of amides is 1. The lowest BCUT2D eigenvalue weighted by molar-refractivity contribution is -0.140. The Morgan fingerprint density at radius 3 is 2.65 bits per heavy atom. The second-order valence-electron chi connectivity index (χ2n) is 3.49. The van der Waals surface area contributed by atoms with Gasteiger partial charge in [0.05, 0.1) is 19.8 Å². The van der Waals surface area contributed by atoms with Crippen molar-refractivity contribution in [3.63, 3.8) is 0 Å². The molecule has 1 unspecified atom stereocenters. The van der Waals surface area contributed by atoms with E-state index in [4.69, 9.17) is 4.74 Å². The highest BCUT2D eigenvalue weighted by molar-refractivity contribution is 5.74. The Kier molecular flexibility index (Phi) is 8.72. The van der Waals surface area contributed by atoms with E-state index < -0.39 is 18.1 Å². The zero-order valence-corrected chi connectivity index (χ0v) is 10.2. The first-order valence-corrected chi connectivity index (χ1v) is 5.59. The molecule has 6 heteroatoms. The molecule has 0 aromatic carbocycles. The molecule has 0 aromatic heterocycles. The lowest BCUT2D eigenvalue weighted by Gasteiger charge is -2.12. The SMILES string of the molecule is CCCCOC(=O)NC(C=O)CCC(=O)OC. The predicted molar refractivity (Wildman–Crippen MR) is 60.5 cm³/mol. The van der Waals surface area contributed by atoms with Crippen LogP contribution < -0.4 is 5.32 Å². The van der Waals surface area contributed by atoms with Crippen LogP contribution in [0.4, 0.5) is 4.79 Å². The van der Waals surface area contributed by atoms with E-state index in [0.717, 1.165) is 12.8 Å². The number of hydrogen-bond acceptors (Lipinski definition) is 5. The number of esters is 1. The smallest absolute Gasteiger partial charge is 0.407 e. The van der Waals surface area contributed by atoms with E-state index >= 15 is 0 Å². The highest BCUT2D eigenvalue weighted by Crippen LogP contribution is 1.98. The third-order valence-electron chi connectivity index (χ3n) is 2.09. The number of aldehydes is 1. The highest BCUT2D eigenvalue weighted by atomic mass is 16.5. The Bertz CT molecular complexity index is 254. The van der Waals surface area contributed by atoms with Crippen LogP contribution in [0.25, 0.3) is 0 Å². The van der Waals surface area contributed by atoms with Crippen LogP contribution in [0.5, 0.6) is 0 Å². The molecule has 0 saturated heterocycles. The largest absolute Gasteiger partial charge is 0.469 e. The molecule has 0 spiro atoms. The predicted octanol–water partition coefficient (Wildman–Crippen LogP) is 1.03. The van der Waals surface area contributed by atoms with Crippen molar-refractivity contribution < 1.29 is 23.9 Å². The van der Waals surface area contributed by atoms with E-state index in [9.17, 15) is 14.4 Å². The molecular weight excluding hydrogens is 226 g/mol. The van der Waals surface area contributed by atoms with E-state index in [0.29, 0.717) is 12.9 Å². The zero-order valence-electron chi connectivity index (χ0n) is 10.2. The quantitative estimate of drug-likeness (QED) is 0.392. The fourth-order valence-electron chi connectivity index (χ4n) is 1.05. The molecule has 0 rings (SSSR count). The summed E-state index contributed by atoms with van der Waals surface area (Å²) in [6.45, 7) is 2.30. The van der Waals surface area contributed by atoms with Crippen LogP contribution in [0.3, 0.4) is 0 Å². The molecule has 6 nitrogen and oxygen atoms in total. The summed E-state index contributed by atoms with van der Waals surface area (Å²) in [5.41, 5.74) is 0. The van der Waals surface area contributed by atoms with Crippen molar-refractivity contribution in [2.45, 2.75) is 38.6 Å². The maximum absolute atomic E-state index is 11.2. The molecule has 0 aliphatic heterocycles. The van der Waals surface area contributed by atoms with Gasteiger partial charge in [-0.3, -0.25) is 4.79 Å². The number of ether oxygens (including phenoxy) is 2. The summed E-state index contributed by atoms with van der Waals surface area (Å²) in [6.07, 6.45) is 1.92. The van der Waals surface area contributed by atoms with Gasteiger partial charge in [-0.25, -0.2) is 4.79 Å². The molecule has 0 aromatic rings. The zero-order chi connectivity index (χ0) is 13.1. The molecule has 0 aliphatic rings. The van der Waals surface area contributed by atoms with E-state index in [2.05, 4.69) is 10.1 Å². The van der Waals surface area contributed by atoms with E-state index in [1.165, 1.54) is 7.11 Å². The number of rotatable bonds is 8. The lowest BCUT2D eigenvalue weighted by Crippen LogP contribution is -2.37. The third kappa shape index (κ3) is 8.24. The van der Waals surface area contributed by atoms with Gasteiger partial charge in [0.25, 0.3) is 0 Å². The Hall–Kier alpha value is -1.59. The summed E-state index contributed by atoms with van der Waals surface area (Å²) in [7, 11) is 1.27. The lowest BCUT2D eigenvalue weighted by atomic mass is 10.2. The van der Waals surface area contributed by atoms with Gasteiger partial charge in [-0.05, 0) is 12.8 Å². The number of unbranched alkanes of at least 4 members (excludes halogenated alkanes) is 1. The van der Waals surface area contributed by atoms with Gasteiger partial charge in [0.2, 0.25) is 0 Å². The summed E-state index contributed by atoms with van der Waals surface area (Å²) in [5, 5.41) is 2.37. The maximum Gasteiger partial charge on any atom is 0.407 e. The van der Waals surface area contributed by atoms with Gasteiger partial charge in [-0.15, -0.1) is 0 Å². The van der Waals surface area contributed by atoms with Gasteiger partial charge in [-0.2, -0.15) is 0 Å². The van der Waals surface area contributed by atoms with Crippen molar-refractivity contribution in [3.05, 3.63) is 0 Å². The molecule has 17 heavy (non-hydrogen) atoms. The number of nitrogens with one attached hydrogen (secondary N) is 1. The van der Waals surface area contributed by atoms with Crippen molar-refractivity contribution >= 4 is 18.3 Å². The highest BCUT2D eigenvalue weighted by Gasteiger charge is 2.14. The van der Waals surface area contributed by atoms with E-state index in [1.54, 1.807) is 0 Å². The van der Waals surface area contributed by atoms with Crippen LogP contribution in [-0.2, 0) is 19.1 Å². The average molecular weight is 245 g/mol. The second kappa shape index (κ2) is 9.62. The van der Waals surface area contributed by atoms with Crippen LogP contribution in [0.1, 0.15) is 32.6 Å².